The van der Waals surface area contributed by atoms with Crippen molar-refractivity contribution in [2.24, 2.45) is 0 Å². The third-order valence-corrected chi connectivity index (χ3v) is 3.53. The Bertz CT molecular complexity index is 854. The first-order chi connectivity index (χ1) is 12.5. The van der Waals surface area contributed by atoms with Crippen molar-refractivity contribution >= 4 is 29.2 Å². The van der Waals surface area contributed by atoms with E-state index in [1.165, 1.54) is 44.6 Å². The van der Waals surface area contributed by atoms with Gasteiger partial charge in [0.05, 0.1) is 31.0 Å². The van der Waals surface area contributed by atoms with Gasteiger partial charge in [-0.2, -0.15) is 5.26 Å². The van der Waals surface area contributed by atoms with Crippen molar-refractivity contribution in [1.29, 1.82) is 5.26 Å². The lowest BCUT2D eigenvalue weighted by atomic mass is 10.2. The number of nitrogens with one attached hydrogen (secondary N) is 1. The standard InChI is InChI=1S/C18H15ClN2O5/c1-24-14-5-12(6-15(8-14)25-2)18(23)26-10-17(22)21-16-7-13(19)4-3-11(16)9-20/h3-8H,10H2,1-2H3,(H,21,22). The Kier molecular flexibility index (Phi) is 6.42. The monoisotopic (exact) mass is 374 g/mol. The molecule has 0 aromatic heterocycles. The van der Waals surface area contributed by atoms with E-state index in [1.54, 1.807) is 6.07 Å². The van der Waals surface area contributed by atoms with E-state index in [0.717, 1.165) is 0 Å². The summed E-state index contributed by atoms with van der Waals surface area (Å²) >= 11 is 5.85. The number of halogens is 1. The Morgan fingerprint density at radius 2 is 1.77 bits per heavy atom. The van der Waals surface area contributed by atoms with Gasteiger partial charge in [0.2, 0.25) is 0 Å². The molecule has 7 nitrogen and oxygen atoms in total. The zero-order chi connectivity index (χ0) is 19.1. The van der Waals surface area contributed by atoms with Crippen molar-refractivity contribution in [3.8, 4) is 17.6 Å². The maximum Gasteiger partial charge on any atom is 0.338 e. The van der Waals surface area contributed by atoms with E-state index in [0.29, 0.717) is 16.5 Å². The molecule has 134 valence electrons. The van der Waals surface area contributed by atoms with Crippen LogP contribution < -0.4 is 14.8 Å². The highest BCUT2D eigenvalue weighted by molar-refractivity contribution is 6.31. The fraction of sp³-hybridized carbons (Fsp3) is 0.167. The molecular formula is C18H15ClN2O5. The molecule has 0 heterocycles. The molecule has 26 heavy (non-hydrogen) atoms. The van der Waals surface area contributed by atoms with Gasteiger partial charge in [-0.25, -0.2) is 4.79 Å². The fourth-order valence-electron chi connectivity index (χ4n) is 2.04. The Hall–Kier alpha value is -3.24. The van der Waals surface area contributed by atoms with Gasteiger partial charge in [0.15, 0.2) is 6.61 Å². The molecule has 0 aliphatic rings. The molecule has 0 aliphatic heterocycles. The number of methoxy groups -OCH3 is 2. The number of carbonyl (C=O) groups excluding carboxylic acids is 2. The highest BCUT2D eigenvalue weighted by Gasteiger charge is 2.14. The van der Waals surface area contributed by atoms with Gasteiger partial charge < -0.3 is 19.5 Å². The SMILES string of the molecule is COc1cc(OC)cc(C(=O)OCC(=O)Nc2cc(Cl)ccc2C#N)c1. The van der Waals surface area contributed by atoms with Gasteiger partial charge in [-0.15, -0.1) is 0 Å². The molecule has 0 aliphatic carbocycles. The number of carbonyl (C=O) groups is 2. The van der Waals surface area contributed by atoms with Crippen LogP contribution in [0.2, 0.25) is 5.02 Å². The second kappa shape index (κ2) is 8.74. The summed E-state index contributed by atoms with van der Waals surface area (Å²) in [6.45, 7) is -0.532. The molecule has 0 fully saturated rings. The van der Waals surface area contributed by atoms with Gasteiger partial charge in [0, 0.05) is 11.1 Å². The summed E-state index contributed by atoms with van der Waals surface area (Å²) < 4.78 is 15.1. The second-order valence-electron chi connectivity index (χ2n) is 5.03. The van der Waals surface area contributed by atoms with Crippen LogP contribution in [-0.2, 0) is 9.53 Å². The summed E-state index contributed by atoms with van der Waals surface area (Å²) in [4.78, 5) is 24.1. The maximum atomic E-state index is 12.1. The lowest BCUT2D eigenvalue weighted by Crippen LogP contribution is -2.21. The Balaban J connectivity index is 2.03. The van der Waals surface area contributed by atoms with Gasteiger partial charge in [-0.05, 0) is 30.3 Å². The molecule has 0 saturated carbocycles. The number of nitriles is 1. The minimum absolute atomic E-state index is 0.175. The molecule has 1 N–H and O–H groups in total. The van der Waals surface area contributed by atoms with Crippen LogP contribution in [0.5, 0.6) is 11.5 Å². The summed E-state index contributed by atoms with van der Waals surface area (Å²) in [5, 5.41) is 11.9. The molecular weight excluding hydrogens is 360 g/mol. The summed E-state index contributed by atoms with van der Waals surface area (Å²) in [5.41, 5.74) is 0.658. The van der Waals surface area contributed by atoms with Crippen molar-refractivity contribution in [2.75, 3.05) is 26.1 Å². The number of nitrogens with zero attached hydrogens (tertiary/aromatic N) is 1. The van der Waals surface area contributed by atoms with E-state index in [4.69, 9.17) is 31.1 Å². The van der Waals surface area contributed by atoms with Crippen LogP contribution in [0.15, 0.2) is 36.4 Å². The smallest absolute Gasteiger partial charge is 0.338 e. The zero-order valence-corrected chi connectivity index (χ0v) is 14.8. The fourth-order valence-corrected chi connectivity index (χ4v) is 2.22. The molecule has 0 radical (unpaired) electrons. The van der Waals surface area contributed by atoms with Gasteiger partial charge in [-0.3, -0.25) is 4.79 Å². The van der Waals surface area contributed by atoms with E-state index < -0.39 is 18.5 Å². The van der Waals surface area contributed by atoms with E-state index in [-0.39, 0.29) is 16.8 Å². The normalized spacial score (nSPS) is 9.77. The van der Waals surface area contributed by atoms with E-state index in [1.807, 2.05) is 6.07 Å². The van der Waals surface area contributed by atoms with Crippen molar-refractivity contribution in [3.05, 3.63) is 52.5 Å². The molecule has 0 atom stereocenters. The van der Waals surface area contributed by atoms with Crippen LogP contribution in [0.4, 0.5) is 5.69 Å². The van der Waals surface area contributed by atoms with Crippen molar-refractivity contribution in [3.63, 3.8) is 0 Å². The van der Waals surface area contributed by atoms with Crippen LogP contribution in [0.1, 0.15) is 15.9 Å². The molecule has 0 saturated heterocycles. The van der Waals surface area contributed by atoms with Crippen molar-refractivity contribution in [2.45, 2.75) is 0 Å². The van der Waals surface area contributed by atoms with Gasteiger partial charge in [0.25, 0.3) is 5.91 Å². The Morgan fingerprint density at radius 3 is 2.35 bits per heavy atom. The summed E-state index contributed by atoms with van der Waals surface area (Å²) in [7, 11) is 2.91. The van der Waals surface area contributed by atoms with Gasteiger partial charge in [0.1, 0.15) is 17.6 Å². The number of benzene rings is 2. The number of ether oxygens (including phenoxy) is 3. The molecule has 0 unspecified atom stereocenters. The number of rotatable bonds is 6. The molecule has 1 amide bonds. The molecule has 0 bridgehead atoms. The lowest BCUT2D eigenvalue weighted by Gasteiger charge is -2.10. The predicted molar refractivity (Wildman–Crippen MR) is 94.6 cm³/mol. The van der Waals surface area contributed by atoms with Gasteiger partial charge in [-0.1, -0.05) is 11.6 Å². The van der Waals surface area contributed by atoms with Crippen LogP contribution >= 0.6 is 11.6 Å². The molecule has 2 aromatic rings. The Labute approximate surface area is 155 Å². The number of anilines is 1. The predicted octanol–water partition coefficient (Wildman–Crippen LogP) is 3.02. The Morgan fingerprint density at radius 1 is 1.12 bits per heavy atom. The first-order valence-corrected chi connectivity index (χ1v) is 7.74. The van der Waals surface area contributed by atoms with Crippen LogP contribution in [0, 0.1) is 11.3 Å². The first-order valence-electron chi connectivity index (χ1n) is 7.36. The summed E-state index contributed by atoms with van der Waals surface area (Å²) in [5.74, 6) is -0.493. The lowest BCUT2D eigenvalue weighted by molar-refractivity contribution is -0.119. The highest BCUT2D eigenvalue weighted by Crippen LogP contribution is 2.23. The number of amides is 1. The average molecular weight is 375 g/mol. The van der Waals surface area contributed by atoms with E-state index in [9.17, 15) is 9.59 Å². The largest absolute Gasteiger partial charge is 0.497 e. The van der Waals surface area contributed by atoms with Crippen LogP contribution in [0.25, 0.3) is 0 Å². The van der Waals surface area contributed by atoms with Crippen LogP contribution in [-0.4, -0.2) is 32.7 Å². The maximum absolute atomic E-state index is 12.1. The number of hydrogen-bond acceptors (Lipinski definition) is 6. The van der Waals surface area contributed by atoms with Crippen molar-refractivity contribution < 1.29 is 23.8 Å². The number of hydrogen-bond donors (Lipinski definition) is 1. The third kappa shape index (κ3) is 4.88. The molecule has 2 rings (SSSR count). The van der Waals surface area contributed by atoms with Crippen LogP contribution in [0.3, 0.4) is 0 Å². The quantitative estimate of drug-likeness (QED) is 0.780. The number of esters is 1. The molecule has 8 heteroatoms. The zero-order valence-electron chi connectivity index (χ0n) is 14.0. The average Bonchev–Trinajstić information content (AvgIpc) is 2.65. The third-order valence-electron chi connectivity index (χ3n) is 3.30. The van der Waals surface area contributed by atoms with Gasteiger partial charge >= 0.3 is 5.97 Å². The summed E-state index contributed by atoms with van der Waals surface area (Å²) in [6, 6.07) is 10.9. The second-order valence-corrected chi connectivity index (χ2v) is 5.46. The van der Waals surface area contributed by atoms with E-state index in [2.05, 4.69) is 5.32 Å². The minimum Gasteiger partial charge on any atom is -0.497 e. The van der Waals surface area contributed by atoms with E-state index >= 15 is 0 Å². The molecule has 0 spiro atoms. The van der Waals surface area contributed by atoms with Crippen molar-refractivity contribution in [1.82, 2.24) is 0 Å². The molecule has 2 aromatic carbocycles. The topological polar surface area (TPSA) is 97.7 Å². The minimum atomic E-state index is -0.719. The first kappa shape index (κ1) is 19.1. The summed E-state index contributed by atoms with van der Waals surface area (Å²) in [6.07, 6.45) is 0. The highest BCUT2D eigenvalue weighted by atomic mass is 35.5.